The molecule has 0 aliphatic carbocycles. The molecule has 0 unspecified atom stereocenters. The van der Waals surface area contributed by atoms with Gasteiger partial charge < -0.3 is 4.74 Å². The maximum absolute atomic E-state index is 11.5. The molecule has 3 nitrogen and oxygen atoms in total. The third-order valence-electron chi connectivity index (χ3n) is 1.64. The number of rotatable bonds is 4. The number of hydrogen-bond donors (Lipinski definition) is 0. The SMILES string of the molecule is CCOC(=O)CSC(=O)c1ccccc1. The zero-order valence-corrected chi connectivity index (χ0v) is 9.25. The summed E-state index contributed by atoms with van der Waals surface area (Å²) in [6, 6.07) is 8.87. The topological polar surface area (TPSA) is 43.4 Å². The predicted molar refractivity (Wildman–Crippen MR) is 59.9 cm³/mol. The van der Waals surface area contributed by atoms with Gasteiger partial charge in [0, 0.05) is 5.56 Å². The molecule has 0 spiro atoms. The van der Waals surface area contributed by atoms with Gasteiger partial charge in [0.2, 0.25) is 5.12 Å². The van der Waals surface area contributed by atoms with E-state index in [2.05, 4.69) is 0 Å². The van der Waals surface area contributed by atoms with Crippen molar-refractivity contribution in [1.82, 2.24) is 0 Å². The van der Waals surface area contributed by atoms with Crippen molar-refractivity contribution in [2.75, 3.05) is 12.4 Å². The Balaban J connectivity index is 2.40. The lowest BCUT2D eigenvalue weighted by Crippen LogP contribution is -2.08. The van der Waals surface area contributed by atoms with Crippen LogP contribution in [0.1, 0.15) is 17.3 Å². The molecule has 0 saturated carbocycles. The average molecular weight is 224 g/mol. The number of benzene rings is 1. The van der Waals surface area contributed by atoms with Crippen LogP contribution in [0.2, 0.25) is 0 Å². The molecule has 0 bridgehead atoms. The number of thioether (sulfide) groups is 1. The summed E-state index contributed by atoms with van der Waals surface area (Å²) in [5.41, 5.74) is 0.604. The second-order valence-electron chi connectivity index (χ2n) is 2.75. The summed E-state index contributed by atoms with van der Waals surface area (Å²) in [4.78, 5) is 22.5. The third kappa shape index (κ3) is 4.16. The van der Waals surface area contributed by atoms with E-state index in [1.165, 1.54) is 0 Å². The van der Waals surface area contributed by atoms with Gasteiger partial charge in [-0.05, 0) is 6.92 Å². The second kappa shape index (κ2) is 6.24. The first-order valence-electron chi connectivity index (χ1n) is 4.62. The highest BCUT2D eigenvalue weighted by atomic mass is 32.2. The van der Waals surface area contributed by atoms with Gasteiger partial charge in [-0.15, -0.1) is 0 Å². The standard InChI is InChI=1S/C11H12O3S/c1-2-14-10(12)8-15-11(13)9-6-4-3-5-7-9/h3-7H,2,8H2,1H3. The summed E-state index contributed by atoms with van der Waals surface area (Å²) in [6.45, 7) is 2.08. The van der Waals surface area contributed by atoms with Crippen LogP contribution in [0.5, 0.6) is 0 Å². The van der Waals surface area contributed by atoms with Crippen LogP contribution in [0.4, 0.5) is 0 Å². The Labute approximate surface area is 92.8 Å². The highest BCUT2D eigenvalue weighted by molar-refractivity contribution is 8.14. The first kappa shape index (κ1) is 11.8. The van der Waals surface area contributed by atoms with E-state index in [1.807, 2.05) is 6.07 Å². The van der Waals surface area contributed by atoms with Crippen molar-refractivity contribution in [2.24, 2.45) is 0 Å². The highest BCUT2D eigenvalue weighted by Gasteiger charge is 2.09. The average Bonchev–Trinajstić information content (AvgIpc) is 2.27. The molecular weight excluding hydrogens is 212 g/mol. The maximum atomic E-state index is 11.5. The Bertz CT molecular complexity index is 335. The summed E-state index contributed by atoms with van der Waals surface area (Å²) in [5.74, 6) is -0.284. The lowest BCUT2D eigenvalue weighted by Gasteiger charge is -2.00. The van der Waals surface area contributed by atoms with E-state index in [0.29, 0.717) is 12.2 Å². The molecule has 4 heteroatoms. The lowest BCUT2D eigenvalue weighted by atomic mass is 10.2. The molecular formula is C11H12O3S. The van der Waals surface area contributed by atoms with Crippen molar-refractivity contribution in [1.29, 1.82) is 0 Å². The number of ether oxygens (including phenoxy) is 1. The molecule has 0 N–H and O–H groups in total. The first-order chi connectivity index (χ1) is 7.24. The molecule has 0 aromatic heterocycles. The zero-order chi connectivity index (χ0) is 11.1. The van der Waals surface area contributed by atoms with Crippen LogP contribution in [-0.4, -0.2) is 23.4 Å². The van der Waals surface area contributed by atoms with E-state index < -0.39 is 0 Å². The molecule has 80 valence electrons. The molecule has 0 aliphatic rings. The molecule has 0 saturated heterocycles. The van der Waals surface area contributed by atoms with Crippen LogP contribution in [0, 0.1) is 0 Å². The minimum absolute atomic E-state index is 0.0710. The van der Waals surface area contributed by atoms with Crippen LogP contribution < -0.4 is 0 Å². The van der Waals surface area contributed by atoms with Gasteiger partial charge in [-0.2, -0.15) is 0 Å². The van der Waals surface area contributed by atoms with Gasteiger partial charge in [-0.25, -0.2) is 0 Å². The van der Waals surface area contributed by atoms with E-state index in [0.717, 1.165) is 11.8 Å². The van der Waals surface area contributed by atoms with Crippen molar-refractivity contribution < 1.29 is 14.3 Å². The lowest BCUT2D eigenvalue weighted by molar-refractivity contribution is -0.139. The maximum Gasteiger partial charge on any atom is 0.316 e. The van der Waals surface area contributed by atoms with Gasteiger partial charge in [0.15, 0.2) is 0 Å². The first-order valence-corrected chi connectivity index (χ1v) is 5.60. The molecule has 1 aromatic carbocycles. The van der Waals surface area contributed by atoms with Crippen LogP contribution in [-0.2, 0) is 9.53 Å². The van der Waals surface area contributed by atoms with Crippen molar-refractivity contribution in [3.05, 3.63) is 35.9 Å². The minimum atomic E-state index is -0.355. The summed E-state index contributed by atoms with van der Waals surface area (Å²) >= 11 is 0.964. The van der Waals surface area contributed by atoms with Crippen LogP contribution in [0.25, 0.3) is 0 Å². The molecule has 1 rings (SSSR count). The summed E-state index contributed by atoms with van der Waals surface area (Å²) < 4.78 is 4.72. The highest BCUT2D eigenvalue weighted by Crippen LogP contribution is 2.11. The Hall–Kier alpha value is -1.29. The van der Waals surface area contributed by atoms with E-state index in [-0.39, 0.29) is 16.8 Å². The summed E-state index contributed by atoms with van der Waals surface area (Å²) in [5, 5.41) is -0.108. The summed E-state index contributed by atoms with van der Waals surface area (Å²) in [7, 11) is 0. The second-order valence-corrected chi connectivity index (χ2v) is 3.70. The van der Waals surface area contributed by atoms with Crippen LogP contribution in [0.15, 0.2) is 30.3 Å². The van der Waals surface area contributed by atoms with Gasteiger partial charge >= 0.3 is 5.97 Å². The van der Waals surface area contributed by atoms with Crippen molar-refractivity contribution in [2.45, 2.75) is 6.92 Å². The Morgan fingerprint density at radius 3 is 2.53 bits per heavy atom. The van der Waals surface area contributed by atoms with Crippen molar-refractivity contribution in [3.63, 3.8) is 0 Å². The van der Waals surface area contributed by atoms with Crippen LogP contribution >= 0.6 is 11.8 Å². The van der Waals surface area contributed by atoms with E-state index in [1.54, 1.807) is 31.2 Å². The number of esters is 1. The third-order valence-corrected chi connectivity index (χ3v) is 2.51. The van der Waals surface area contributed by atoms with E-state index >= 15 is 0 Å². The van der Waals surface area contributed by atoms with Gasteiger partial charge in [-0.1, -0.05) is 42.1 Å². The number of hydrogen-bond acceptors (Lipinski definition) is 4. The largest absolute Gasteiger partial charge is 0.465 e. The number of carbonyl (C=O) groups is 2. The van der Waals surface area contributed by atoms with Gasteiger partial charge in [0.05, 0.1) is 12.4 Å². The fourth-order valence-electron chi connectivity index (χ4n) is 0.985. The van der Waals surface area contributed by atoms with Gasteiger partial charge in [0.1, 0.15) is 0 Å². The quantitative estimate of drug-likeness (QED) is 0.735. The van der Waals surface area contributed by atoms with Crippen molar-refractivity contribution in [3.8, 4) is 0 Å². The van der Waals surface area contributed by atoms with Gasteiger partial charge in [-0.3, -0.25) is 9.59 Å². The fraction of sp³-hybridized carbons (Fsp3) is 0.273. The molecule has 0 radical (unpaired) electrons. The Morgan fingerprint density at radius 2 is 1.93 bits per heavy atom. The molecule has 15 heavy (non-hydrogen) atoms. The monoisotopic (exact) mass is 224 g/mol. The predicted octanol–water partition coefficient (Wildman–Crippen LogP) is 2.12. The molecule has 0 amide bonds. The molecule has 1 aromatic rings. The molecule has 0 heterocycles. The van der Waals surface area contributed by atoms with Crippen molar-refractivity contribution >= 4 is 22.8 Å². The molecule has 0 fully saturated rings. The fourth-order valence-corrected chi connectivity index (χ4v) is 1.62. The van der Waals surface area contributed by atoms with Gasteiger partial charge in [0.25, 0.3) is 0 Å². The smallest absolute Gasteiger partial charge is 0.316 e. The number of carbonyl (C=O) groups excluding carboxylic acids is 2. The summed E-state index contributed by atoms with van der Waals surface area (Å²) in [6.07, 6.45) is 0. The zero-order valence-electron chi connectivity index (χ0n) is 8.43. The molecule has 0 atom stereocenters. The van der Waals surface area contributed by atoms with Crippen LogP contribution in [0.3, 0.4) is 0 Å². The Morgan fingerprint density at radius 1 is 1.27 bits per heavy atom. The van der Waals surface area contributed by atoms with E-state index in [4.69, 9.17) is 4.74 Å². The Kier molecular flexibility index (Phi) is 4.90. The van der Waals surface area contributed by atoms with E-state index in [9.17, 15) is 9.59 Å². The normalized spacial score (nSPS) is 9.67. The molecule has 0 aliphatic heterocycles. The minimum Gasteiger partial charge on any atom is -0.465 e.